The summed E-state index contributed by atoms with van der Waals surface area (Å²) < 4.78 is 0. The van der Waals surface area contributed by atoms with Crippen LogP contribution in [-0.4, -0.2) is 27.1 Å². The number of rotatable bonds is 3. The van der Waals surface area contributed by atoms with E-state index < -0.39 is 4.92 Å². The maximum atomic E-state index is 10.6. The molecule has 0 bridgehead atoms. The summed E-state index contributed by atoms with van der Waals surface area (Å²) in [5.41, 5.74) is 0.996. The van der Waals surface area contributed by atoms with Gasteiger partial charge < -0.3 is 4.90 Å². The van der Waals surface area contributed by atoms with Gasteiger partial charge in [-0.25, -0.2) is 4.98 Å². The van der Waals surface area contributed by atoms with E-state index in [1.54, 1.807) is 12.3 Å². The van der Waals surface area contributed by atoms with E-state index in [9.17, 15) is 10.1 Å². The number of hydrogen-bond donors (Lipinski definition) is 0. The second-order valence-electron chi connectivity index (χ2n) is 3.88. The minimum atomic E-state index is -0.409. The molecule has 5 nitrogen and oxygen atoms in total. The zero-order valence-corrected chi connectivity index (χ0v) is 11.3. The lowest BCUT2D eigenvalue weighted by molar-refractivity contribution is -0.403. The van der Waals surface area contributed by atoms with Crippen LogP contribution in [0.3, 0.4) is 0 Å². The molecule has 1 aliphatic rings. The van der Waals surface area contributed by atoms with Gasteiger partial charge in [-0.2, -0.15) is 0 Å². The molecule has 18 heavy (non-hydrogen) atoms. The number of hydrogen-bond acceptors (Lipinski definition) is 5. The fraction of sp³-hybridized carbons (Fsp3) is 0.364. The first-order valence-electron chi connectivity index (χ1n) is 5.44. The highest BCUT2D eigenvalue weighted by Gasteiger charge is 2.26. The normalized spacial score (nSPS) is 19.2. The molecule has 1 atom stereocenters. The SMILES string of the molecule is CC(c1ccc(Cl)nc1)N1CCS/C1=C/[N+](=O)[O-]. The molecule has 0 saturated carbocycles. The van der Waals surface area contributed by atoms with Crippen molar-refractivity contribution in [1.29, 1.82) is 0 Å². The van der Waals surface area contributed by atoms with Gasteiger partial charge in [-0.15, -0.1) is 11.8 Å². The Morgan fingerprint density at radius 3 is 3.06 bits per heavy atom. The quantitative estimate of drug-likeness (QED) is 0.485. The van der Waals surface area contributed by atoms with E-state index in [2.05, 4.69) is 4.98 Å². The molecular formula is C11H12ClN3O2S. The average Bonchev–Trinajstić information content (AvgIpc) is 2.76. The van der Waals surface area contributed by atoms with Gasteiger partial charge in [0, 0.05) is 18.5 Å². The third-order valence-corrected chi connectivity index (χ3v) is 4.03. The average molecular weight is 286 g/mol. The van der Waals surface area contributed by atoms with Crippen LogP contribution in [0.25, 0.3) is 0 Å². The van der Waals surface area contributed by atoms with E-state index in [0.29, 0.717) is 10.2 Å². The van der Waals surface area contributed by atoms with Crippen molar-refractivity contribution in [3.63, 3.8) is 0 Å². The van der Waals surface area contributed by atoms with Gasteiger partial charge >= 0.3 is 0 Å². The van der Waals surface area contributed by atoms with Crippen LogP contribution in [0, 0.1) is 10.1 Å². The molecule has 7 heteroatoms. The number of halogens is 1. The summed E-state index contributed by atoms with van der Waals surface area (Å²) in [6, 6.07) is 3.68. The van der Waals surface area contributed by atoms with Crippen LogP contribution in [0.4, 0.5) is 0 Å². The van der Waals surface area contributed by atoms with Crippen molar-refractivity contribution in [2.24, 2.45) is 0 Å². The zero-order chi connectivity index (χ0) is 13.1. The van der Waals surface area contributed by atoms with Crippen molar-refractivity contribution in [1.82, 2.24) is 9.88 Å². The second kappa shape index (κ2) is 5.58. The molecule has 2 rings (SSSR count). The smallest absolute Gasteiger partial charge is 0.264 e. The van der Waals surface area contributed by atoms with Crippen molar-refractivity contribution in [2.75, 3.05) is 12.3 Å². The molecular weight excluding hydrogens is 274 g/mol. The Morgan fingerprint density at radius 1 is 1.67 bits per heavy atom. The van der Waals surface area contributed by atoms with Gasteiger partial charge in [0.2, 0.25) is 0 Å². The monoisotopic (exact) mass is 285 g/mol. The van der Waals surface area contributed by atoms with Crippen LogP contribution in [0.2, 0.25) is 5.15 Å². The van der Waals surface area contributed by atoms with E-state index in [4.69, 9.17) is 11.6 Å². The minimum absolute atomic E-state index is 0.0518. The summed E-state index contributed by atoms with van der Waals surface area (Å²) in [5.74, 6) is 0.866. The van der Waals surface area contributed by atoms with E-state index in [-0.39, 0.29) is 6.04 Å². The third kappa shape index (κ3) is 2.94. The molecule has 0 aliphatic carbocycles. The molecule has 1 unspecified atom stereocenters. The Morgan fingerprint density at radius 2 is 2.44 bits per heavy atom. The van der Waals surface area contributed by atoms with Crippen molar-refractivity contribution >= 4 is 23.4 Å². The molecule has 1 fully saturated rings. The molecule has 96 valence electrons. The Hall–Kier alpha value is -1.27. The van der Waals surface area contributed by atoms with Crippen LogP contribution in [-0.2, 0) is 0 Å². The molecule has 1 aromatic heterocycles. The largest absolute Gasteiger partial charge is 0.354 e. The maximum absolute atomic E-state index is 10.6. The van der Waals surface area contributed by atoms with Gasteiger partial charge in [-0.3, -0.25) is 10.1 Å². The Balaban J connectivity index is 2.20. The van der Waals surface area contributed by atoms with E-state index in [0.717, 1.165) is 24.1 Å². The van der Waals surface area contributed by atoms with Gasteiger partial charge in [-0.1, -0.05) is 17.7 Å². The van der Waals surface area contributed by atoms with Crippen LogP contribution >= 0.6 is 23.4 Å². The van der Waals surface area contributed by atoms with Crippen LogP contribution in [0.5, 0.6) is 0 Å². The molecule has 0 aromatic carbocycles. The highest BCUT2D eigenvalue weighted by atomic mass is 35.5. The van der Waals surface area contributed by atoms with Crippen molar-refractivity contribution in [3.05, 3.63) is 50.4 Å². The van der Waals surface area contributed by atoms with Gasteiger partial charge in [0.05, 0.1) is 11.0 Å². The lowest BCUT2D eigenvalue weighted by Gasteiger charge is -2.25. The summed E-state index contributed by atoms with van der Waals surface area (Å²) in [6.07, 6.45) is 2.78. The highest BCUT2D eigenvalue weighted by Crippen LogP contribution is 2.35. The van der Waals surface area contributed by atoms with E-state index in [1.165, 1.54) is 11.8 Å². The van der Waals surface area contributed by atoms with E-state index >= 15 is 0 Å². The molecule has 0 amide bonds. The fourth-order valence-corrected chi connectivity index (χ4v) is 3.03. The first kappa shape index (κ1) is 13.2. The lowest BCUT2D eigenvalue weighted by atomic mass is 10.1. The number of pyridine rings is 1. The first-order chi connectivity index (χ1) is 8.58. The predicted octanol–water partition coefficient (Wildman–Crippen LogP) is 2.92. The lowest BCUT2D eigenvalue weighted by Crippen LogP contribution is -2.23. The van der Waals surface area contributed by atoms with Gasteiger partial charge in [-0.05, 0) is 18.6 Å². The van der Waals surface area contributed by atoms with Crippen LogP contribution < -0.4 is 0 Å². The molecule has 1 aliphatic heterocycles. The number of nitrogens with zero attached hydrogens (tertiary/aromatic N) is 3. The van der Waals surface area contributed by atoms with Crippen molar-refractivity contribution in [3.8, 4) is 0 Å². The summed E-state index contributed by atoms with van der Waals surface area (Å²) >= 11 is 7.25. The molecule has 1 aromatic rings. The van der Waals surface area contributed by atoms with Crippen molar-refractivity contribution < 1.29 is 4.92 Å². The Labute approximate surface area is 114 Å². The van der Waals surface area contributed by atoms with Gasteiger partial charge in [0.25, 0.3) is 6.20 Å². The molecule has 2 heterocycles. The summed E-state index contributed by atoms with van der Waals surface area (Å²) in [5, 5.41) is 11.7. The second-order valence-corrected chi connectivity index (χ2v) is 5.39. The standard InChI is InChI=1S/C11H12ClN3O2S/c1-8(9-2-3-10(12)13-6-9)14-4-5-18-11(14)7-15(16)17/h2-3,6-8H,4-5H2,1H3/b11-7+. The fourth-order valence-electron chi connectivity index (χ4n) is 1.84. The summed E-state index contributed by atoms with van der Waals surface area (Å²) in [7, 11) is 0. The highest BCUT2D eigenvalue weighted by molar-refractivity contribution is 8.03. The summed E-state index contributed by atoms with van der Waals surface area (Å²) in [4.78, 5) is 16.2. The number of thioether (sulfide) groups is 1. The minimum Gasteiger partial charge on any atom is -0.354 e. The number of nitro groups is 1. The Bertz CT molecular complexity index is 478. The molecule has 0 spiro atoms. The topological polar surface area (TPSA) is 59.3 Å². The third-order valence-electron chi connectivity index (χ3n) is 2.78. The van der Waals surface area contributed by atoms with Gasteiger partial charge in [0.1, 0.15) is 10.2 Å². The molecule has 0 N–H and O–H groups in total. The number of aromatic nitrogens is 1. The van der Waals surface area contributed by atoms with Crippen molar-refractivity contribution in [2.45, 2.75) is 13.0 Å². The molecule has 0 radical (unpaired) electrons. The van der Waals surface area contributed by atoms with Crippen LogP contribution in [0.1, 0.15) is 18.5 Å². The first-order valence-corrected chi connectivity index (χ1v) is 6.80. The van der Waals surface area contributed by atoms with Gasteiger partial charge in [0.15, 0.2) is 0 Å². The zero-order valence-electron chi connectivity index (χ0n) is 9.75. The van der Waals surface area contributed by atoms with Crippen LogP contribution in [0.15, 0.2) is 29.6 Å². The molecule has 1 saturated heterocycles. The summed E-state index contributed by atoms with van der Waals surface area (Å²) in [6.45, 7) is 2.80. The maximum Gasteiger partial charge on any atom is 0.264 e. The Kier molecular flexibility index (Phi) is 4.08. The predicted molar refractivity (Wildman–Crippen MR) is 71.9 cm³/mol. The van der Waals surface area contributed by atoms with E-state index in [1.807, 2.05) is 17.9 Å².